The summed E-state index contributed by atoms with van der Waals surface area (Å²) in [5.74, 6) is 0.909. The van der Waals surface area contributed by atoms with Gasteiger partial charge in [-0.25, -0.2) is 4.98 Å². The van der Waals surface area contributed by atoms with Gasteiger partial charge in [0.15, 0.2) is 0 Å². The summed E-state index contributed by atoms with van der Waals surface area (Å²) in [5, 5.41) is 3.36. The average molecular weight is 372 g/mol. The van der Waals surface area contributed by atoms with Gasteiger partial charge in [0.25, 0.3) is 5.91 Å². The predicted octanol–water partition coefficient (Wildman–Crippen LogP) is 2.62. The number of aryl methyl sites for hydroxylation is 1. The van der Waals surface area contributed by atoms with E-state index in [0.29, 0.717) is 18.8 Å². The average Bonchev–Trinajstić information content (AvgIpc) is 3.31. The number of aromatic nitrogens is 3. The molecular weight excluding hydrogens is 350 g/mol. The molecule has 3 aromatic rings. The minimum atomic E-state index is -0.0651. The zero-order valence-corrected chi connectivity index (χ0v) is 15.4. The molecule has 2 N–H and O–H groups in total. The molecule has 0 saturated carbocycles. The van der Waals surface area contributed by atoms with Gasteiger partial charge in [-0.1, -0.05) is 30.3 Å². The molecule has 1 fully saturated rings. The SMILES string of the molecule is Cl.Cn1ccnc1C1CNCCN1C(=O)c1ccc(-c2ccccc2)[nH]1. The molecule has 26 heavy (non-hydrogen) atoms. The van der Waals surface area contributed by atoms with Gasteiger partial charge in [-0.15, -0.1) is 12.4 Å². The van der Waals surface area contributed by atoms with Crippen LogP contribution >= 0.6 is 12.4 Å². The number of amides is 1. The Morgan fingerprint density at radius 2 is 2.00 bits per heavy atom. The first-order valence-electron chi connectivity index (χ1n) is 8.47. The van der Waals surface area contributed by atoms with Crippen molar-refractivity contribution < 1.29 is 4.79 Å². The third kappa shape index (κ3) is 3.38. The highest BCUT2D eigenvalue weighted by Crippen LogP contribution is 2.24. The second-order valence-corrected chi connectivity index (χ2v) is 6.27. The number of nitrogens with one attached hydrogen (secondary N) is 2. The lowest BCUT2D eigenvalue weighted by Gasteiger charge is -2.35. The van der Waals surface area contributed by atoms with Crippen LogP contribution in [0.25, 0.3) is 11.3 Å². The van der Waals surface area contributed by atoms with Crippen LogP contribution in [-0.2, 0) is 7.05 Å². The first-order chi connectivity index (χ1) is 12.2. The van der Waals surface area contributed by atoms with Crippen molar-refractivity contribution >= 4 is 18.3 Å². The highest BCUT2D eigenvalue weighted by molar-refractivity contribution is 5.93. The van der Waals surface area contributed by atoms with E-state index in [0.717, 1.165) is 23.6 Å². The minimum Gasteiger partial charge on any atom is -0.351 e. The molecule has 1 unspecified atom stereocenters. The Kier molecular flexibility index (Phi) is 5.44. The third-order valence-corrected chi connectivity index (χ3v) is 4.66. The quantitative estimate of drug-likeness (QED) is 0.743. The van der Waals surface area contributed by atoms with Crippen LogP contribution in [0.15, 0.2) is 54.9 Å². The predicted molar refractivity (Wildman–Crippen MR) is 103 cm³/mol. The van der Waals surface area contributed by atoms with Gasteiger partial charge < -0.3 is 19.8 Å². The number of halogens is 1. The molecule has 3 heterocycles. The molecule has 1 atom stereocenters. The summed E-state index contributed by atoms with van der Waals surface area (Å²) in [6, 6.07) is 13.8. The van der Waals surface area contributed by atoms with Crippen LogP contribution in [0, 0.1) is 0 Å². The van der Waals surface area contributed by atoms with E-state index in [1.165, 1.54) is 0 Å². The van der Waals surface area contributed by atoms with Crippen molar-refractivity contribution in [2.75, 3.05) is 19.6 Å². The van der Waals surface area contributed by atoms with Crippen molar-refractivity contribution in [1.82, 2.24) is 24.8 Å². The van der Waals surface area contributed by atoms with Crippen molar-refractivity contribution in [2.45, 2.75) is 6.04 Å². The number of nitrogens with zero attached hydrogens (tertiary/aromatic N) is 3. The number of rotatable bonds is 3. The Hall–Kier alpha value is -2.57. The van der Waals surface area contributed by atoms with Crippen molar-refractivity contribution in [2.24, 2.45) is 7.05 Å². The number of hydrogen-bond donors (Lipinski definition) is 2. The maximum Gasteiger partial charge on any atom is 0.270 e. The lowest BCUT2D eigenvalue weighted by Crippen LogP contribution is -2.49. The maximum atomic E-state index is 13.1. The molecule has 4 rings (SSSR count). The fourth-order valence-electron chi connectivity index (χ4n) is 3.34. The number of imidazole rings is 1. The van der Waals surface area contributed by atoms with E-state index in [4.69, 9.17) is 0 Å². The number of carbonyl (C=O) groups is 1. The first kappa shape index (κ1) is 18.2. The molecule has 1 aromatic carbocycles. The second kappa shape index (κ2) is 7.76. The van der Waals surface area contributed by atoms with Gasteiger partial charge in [-0.3, -0.25) is 4.79 Å². The number of carbonyl (C=O) groups excluding carboxylic acids is 1. The van der Waals surface area contributed by atoms with Gasteiger partial charge in [0, 0.05) is 44.8 Å². The molecule has 1 aliphatic heterocycles. The van der Waals surface area contributed by atoms with E-state index in [1.54, 1.807) is 6.20 Å². The lowest BCUT2D eigenvalue weighted by molar-refractivity contribution is 0.0615. The van der Waals surface area contributed by atoms with Crippen molar-refractivity contribution in [3.63, 3.8) is 0 Å². The van der Waals surface area contributed by atoms with Crippen molar-refractivity contribution in [3.8, 4) is 11.3 Å². The van der Waals surface area contributed by atoms with E-state index in [2.05, 4.69) is 15.3 Å². The van der Waals surface area contributed by atoms with Gasteiger partial charge in [-0.05, 0) is 17.7 Å². The smallest absolute Gasteiger partial charge is 0.270 e. The van der Waals surface area contributed by atoms with E-state index in [1.807, 2.05) is 65.2 Å². The van der Waals surface area contributed by atoms with Gasteiger partial charge in [0.1, 0.15) is 17.6 Å². The van der Waals surface area contributed by atoms with Crippen LogP contribution in [0.1, 0.15) is 22.4 Å². The lowest BCUT2D eigenvalue weighted by atomic mass is 10.1. The number of benzene rings is 1. The monoisotopic (exact) mass is 371 g/mol. The summed E-state index contributed by atoms with van der Waals surface area (Å²) >= 11 is 0. The molecule has 0 spiro atoms. The zero-order chi connectivity index (χ0) is 17.2. The normalized spacial score (nSPS) is 17.0. The molecule has 1 amide bonds. The number of H-pyrrole nitrogens is 1. The number of piperazine rings is 1. The van der Waals surface area contributed by atoms with Crippen LogP contribution in [-0.4, -0.2) is 45.0 Å². The first-order valence-corrected chi connectivity index (χ1v) is 8.47. The number of aromatic amines is 1. The minimum absolute atomic E-state index is 0. The summed E-state index contributed by atoms with van der Waals surface area (Å²) in [4.78, 5) is 22.7. The van der Waals surface area contributed by atoms with E-state index in [-0.39, 0.29) is 24.4 Å². The molecule has 7 heteroatoms. The number of hydrogen-bond acceptors (Lipinski definition) is 3. The third-order valence-electron chi connectivity index (χ3n) is 4.66. The Morgan fingerprint density at radius 3 is 2.73 bits per heavy atom. The topological polar surface area (TPSA) is 66.0 Å². The van der Waals surface area contributed by atoms with Gasteiger partial charge in [-0.2, -0.15) is 0 Å². The molecule has 0 radical (unpaired) electrons. The molecule has 0 aliphatic carbocycles. The maximum absolute atomic E-state index is 13.1. The van der Waals surface area contributed by atoms with Crippen LogP contribution in [0.5, 0.6) is 0 Å². The molecule has 1 saturated heterocycles. The van der Waals surface area contributed by atoms with E-state index < -0.39 is 0 Å². The molecule has 136 valence electrons. The second-order valence-electron chi connectivity index (χ2n) is 6.27. The molecule has 6 nitrogen and oxygen atoms in total. The van der Waals surface area contributed by atoms with Crippen molar-refractivity contribution in [3.05, 3.63) is 66.4 Å². The highest BCUT2D eigenvalue weighted by Gasteiger charge is 2.31. The Balaban J connectivity index is 0.00000196. The fourth-order valence-corrected chi connectivity index (χ4v) is 3.34. The molecule has 2 aromatic heterocycles. The molecule has 1 aliphatic rings. The largest absolute Gasteiger partial charge is 0.351 e. The van der Waals surface area contributed by atoms with Crippen molar-refractivity contribution in [1.29, 1.82) is 0 Å². The van der Waals surface area contributed by atoms with Crippen LogP contribution in [0.2, 0.25) is 0 Å². The van der Waals surface area contributed by atoms with Gasteiger partial charge in [0.05, 0.1) is 0 Å². The zero-order valence-electron chi connectivity index (χ0n) is 14.6. The van der Waals surface area contributed by atoms with Gasteiger partial charge in [0.2, 0.25) is 0 Å². The Labute approximate surface area is 158 Å². The summed E-state index contributed by atoms with van der Waals surface area (Å²) in [6.07, 6.45) is 3.68. The Bertz CT molecular complexity index is 873. The molecular formula is C19H22ClN5O. The summed E-state index contributed by atoms with van der Waals surface area (Å²) in [6.45, 7) is 2.16. The van der Waals surface area contributed by atoms with Crippen LogP contribution in [0.4, 0.5) is 0 Å². The summed E-state index contributed by atoms with van der Waals surface area (Å²) in [7, 11) is 1.96. The highest BCUT2D eigenvalue weighted by atomic mass is 35.5. The molecule has 0 bridgehead atoms. The summed E-state index contributed by atoms with van der Waals surface area (Å²) < 4.78 is 1.97. The van der Waals surface area contributed by atoms with Gasteiger partial charge >= 0.3 is 0 Å². The van der Waals surface area contributed by atoms with E-state index >= 15 is 0 Å². The standard InChI is InChI=1S/C19H21N5O.ClH/c1-23-11-10-21-18(23)17-13-20-9-12-24(17)19(25)16-8-7-15(22-16)14-5-3-2-4-6-14;/h2-8,10-11,17,20,22H,9,12-13H2,1H3;1H. The van der Waals surface area contributed by atoms with Crippen LogP contribution in [0.3, 0.4) is 0 Å². The van der Waals surface area contributed by atoms with E-state index in [9.17, 15) is 4.79 Å². The Morgan fingerprint density at radius 1 is 1.19 bits per heavy atom. The van der Waals surface area contributed by atoms with Crippen LogP contribution < -0.4 is 5.32 Å². The fraction of sp³-hybridized carbons (Fsp3) is 0.263. The summed E-state index contributed by atoms with van der Waals surface area (Å²) in [5.41, 5.74) is 2.63.